The molecule has 16 heavy (non-hydrogen) atoms. The number of allylic oxidation sites excluding steroid dienone is 4. The van der Waals surface area contributed by atoms with E-state index in [9.17, 15) is 9.59 Å². The van der Waals surface area contributed by atoms with Crippen molar-refractivity contribution in [2.24, 2.45) is 0 Å². The van der Waals surface area contributed by atoms with Gasteiger partial charge >= 0.3 is 5.97 Å². The van der Waals surface area contributed by atoms with Gasteiger partial charge in [-0.15, -0.1) is 9.24 Å². The summed E-state index contributed by atoms with van der Waals surface area (Å²) in [6.45, 7) is 2.18. The molecule has 0 aromatic rings. The largest absolute Gasteiger partial charge is 0.466 e. The molecule has 0 aromatic carbocycles. The Labute approximate surface area is 98.1 Å². The van der Waals surface area contributed by atoms with Gasteiger partial charge < -0.3 is 4.74 Å². The molecule has 1 rings (SSSR count). The van der Waals surface area contributed by atoms with Crippen LogP contribution < -0.4 is 0 Å². The second-order valence-corrected chi connectivity index (χ2v) is 4.43. The molecule has 0 aromatic heterocycles. The smallest absolute Gasteiger partial charge is 0.305 e. The molecule has 1 aliphatic rings. The van der Waals surface area contributed by atoms with Crippen molar-refractivity contribution in [3.8, 4) is 0 Å². The van der Waals surface area contributed by atoms with Gasteiger partial charge in [-0.1, -0.05) is 12.2 Å². The Bertz CT molecular complexity index is 342. The van der Waals surface area contributed by atoms with Gasteiger partial charge in [0.25, 0.3) is 0 Å². The van der Waals surface area contributed by atoms with Crippen LogP contribution in [0.1, 0.15) is 32.6 Å². The fourth-order valence-corrected chi connectivity index (χ4v) is 1.84. The summed E-state index contributed by atoms with van der Waals surface area (Å²) in [6.07, 6.45) is 5.84. The monoisotopic (exact) mass is 240 g/mol. The van der Waals surface area contributed by atoms with Crippen molar-refractivity contribution in [2.75, 3.05) is 6.61 Å². The van der Waals surface area contributed by atoms with Crippen LogP contribution in [0.2, 0.25) is 0 Å². The topological polar surface area (TPSA) is 43.4 Å². The normalized spacial score (nSPS) is 14.4. The summed E-state index contributed by atoms with van der Waals surface area (Å²) in [5, 5.41) is 1.13. The molecule has 0 radical (unpaired) electrons. The Hall–Kier alpha value is -0.950. The Balaban J connectivity index is 2.19. The van der Waals surface area contributed by atoms with Crippen LogP contribution in [0.25, 0.3) is 0 Å². The lowest BCUT2D eigenvalue weighted by Crippen LogP contribution is -2.06. The maximum Gasteiger partial charge on any atom is 0.305 e. The number of ether oxygens (including phenoxy) is 1. The molecule has 4 heteroatoms. The van der Waals surface area contributed by atoms with E-state index in [1.54, 1.807) is 6.92 Å². The SMILES string of the molecule is CCOC(=O)CCCC(=O)C1=CC=C(P)C1. The van der Waals surface area contributed by atoms with E-state index in [4.69, 9.17) is 4.74 Å². The molecule has 0 aliphatic heterocycles. The van der Waals surface area contributed by atoms with Gasteiger partial charge in [-0.05, 0) is 24.2 Å². The molecular weight excluding hydrogens is 223 g/mol. The number of esters is 1. The quantitative estimate of drug-likeness (QED) is 0.529. The Kier molecular flexibility index (Phi) is 5.41. The summed E-state index contributed by atoms with van der Waals surface area (Å²) < 4.78 is 4.79. The van der Waals surface area contributed by atoms with Crippen LogP contribution in [-0.4, -0.2) is 18.4 Å². The van der Waals surface area contributed by atoms with Crippen molar-refractivity contribution in [1.29, 1.82) is 0 Å². The minimum absolute atomic E-state index is 0.137. The van der Waals surface area contributed by atoms with E-state index in [0.717, 1.165) is 17.3 Å². The van der Waals surface area contributed by atoms with Gasteiger partial charge in [0, 0.05) is 19.3 Å². The lowest BCUT2D eigenvalue weighted by molar-refractivity contribution is -0.143. The van der Waals surface area contributed by atoms with E-state index in [2.05, 4.69) is 9.24 Å². The average molecular weight is 240 g/mol. The summed E-state index contributed by atoms with van der Waals surface area (Å²) in [7, 11) is 2.60. The molecule has 3 nitrogen and oxygen atoms in total. The summed E-state index contributed by atoms with van der Waals surface area (Å²) in [5.41, 5.74) is 0.842. The zero-order valence-corrected chi connectivity index (χ0v) is 10.6. The molecule has 0 bridgehead atoms. The van der Waals surface area contributed by atoms with Gasteiger partial charge in [0.15, 0.2) is 5.78 Å². The van der Waals surface area contributed by atoms with Crippen LogP contribution in [0.15, 0.2) is 23.0 Å². The number of hydrogen-bond acceptors (Lipinski definition) is 3. The molecule has 1 unspecified atom stereocenters. The predicted octanol–water partition coefficient (Wildman–Crippen LogP) is 2.38. The van der Waals surface area contributed by atoms with Gasteiger partial charge in [0.2, 0.25) is 0 Å². The minimum atomic E-state index is -0.222. The van der Waals surface area contributed by atoms with Crippen molar-refractivity contribution >= 4 is 21.0 Å². The van der Waals surface area contributed by atoms with Crippen molar-refractivity contribution in [1.82, 2.24) is 0 Å². The predicted molar refractivity (Wildman–Crippen MR) is 66.0 cm³/mol. The van der Waals surface area contributed by atoms with E-state index in [-0.39, 0.29) is 11.8 Å². The molecule has 0 heterocycles. The zero-order chi connectivity index (χ0) is 12.0. The second-order valence-electron chi connectivity index (χ2n) is 3.69. The molecule has 1 atom stereocenters. The Morgan fingerprint density at radius 2 is 2.12 bits per heavy atom. The van der Waals surface area contributed by atoms with Crippen LogP contribution in [0.4, 0.5) is 0 Å². The van der Waals surface area contributed by atoms with Crippen molar-refractivity contribution < 1.29 is 14.3 Å². The van der Waals surface area contributed by atoms with E-state index in [1.165, 1.54) is 0 Å². The molecule has 0 spiro atoms. The van der Waals surface area contributed by atoms with Crippen LogP contribution in [0.3, 0.4) is 0 Å². The van der Waals surface area contributed by atoms with Gasteiger partial charge in [0.05, 0.1) is 6.61 Å². The number of ketones is 1. The number of carbonyl (C=O) groups excluding carboxylic acids is 2. The lowest BCUT2D eigenvalue weighted by Gasteiger charge is -2.03. The van der Waals surface area contributed by atoms with Gasteiger partial charge in [-0.3, -0.25) is 9.59 Å². The Morgan fingerprint density at radius 1 is 1.38 bits per heavy atom. The third-order valence-electron chi connectivity index (χ3n) is 2.34. The molecule has 0 saturated carbocycles. The van der Waals surface area contributed by atoms with Crippen LogP contribution in [0, 0.1) is 0 Å². The summed E-state index contributed by atoms with van der Waals surface area (Å²) in [5.74, 6) is -0.0847. The second kappa shape index (κ2) is 6.59. The molecule has 0 saturated heterocycles. The molecule has 0 amide bonds. The van der Waals surface area contributed by atoms with Crippen LogP contribution >= 0.6 is 9.24 Å². The Morgan fingerprint density at radius 3 is 2.69 bits per heavy atom. The van der Waals surface area contributed by atoms with Crippen molar-refractivity contribution in [2.45, 2.75) is 32.6 Å². The van der Waals surface area contributed by atoms with E-state index in [1.807, 2.05) is 12.2 Å². The minimum Gasteiger partial charge on any atom is -0.466 e. The van der Waals surface area contributed by atoms with E-state index in [0.29, 0.717) is 25.9 Å². The fourth-order valence-electron chi connectivity index (χ4n) is 1.52. The highest BCUT2D eigenvalue weighted by atomic mass is 31.0. The molecule has 1 aliphatic carbocycles. The number of carbonyl (C=O) groups is 2. The maximum absolute atomic E-state index is 11.7. The van der Waals surface area contributed by atoms with Crippen molar-refractivity contribution in [3.63, 3.8) is 0 Å². The first-order valence-electron chi connectivity index (χ1n) is 5.47. The third kappa shape index (κ3) is 4.28. The highest BCUT2D eigenvalue weighted by Gasteiger charge is 2.13. The first kappa shape index (κ1) is 13.1. The molecular formula is C12H17O3P. The van der Waals surface area contributed by atoms with E-state index < -0.39 is 0 Å². The van der Waals surface area contributed by atoms with Crippen LogP contribution in [0.5, 0.6) is 0 Å². The summed E-state index contributed by atoms with van der Waals surface area (Å²) in [6, 6.07) is 0. The molecule has 88 valence electrons. The van der Waals surface area contributed by atoms with Gasteiger partial charge in [-0.2, -0.15) is 0 Å². The van der Waals surface area contributed by atoms with Gasteiger partial charge in [0.1, 0.15) is 0 Å². The first-order chi connectivity index (χ1) is 7.63. The van der Waals surface area contributed by atoms with Gasteiger partial charge in [-0.25, -0.2) is 0 Å². The standard InChI is InChI=1S/C12H17O3P/c1-2-15-12(14)5-3-4-11(13)9-6-7-10(16)8-9/h6-7H,2-5,8,16H2,1H3. The summed E-state index contributed by atoms with van der Waals surface area (Å²) >= 11 is 0. The van der Waals surface area contributed by atoms with Crippen LogP contribution in [-0.2, 0) is 14.3 Å². The first-order valence-corrected chi connectivity index (χ1v) is 6.05. The third-order valence-corrected chi connectivity index (χ3v) is 2.74. The number of hydrogen-bond donors (Lipinski definition) is 0. The van der Waals surface area contributed by atoms with Crippen molar-refractivity contribution in [3.05, 3.63) is 23.0 Å². The van der Waals surface area contributed by atoms with E-state index >= 15 is 0 Å². The highest BCUT2D eigenvalue weighted by Crippen LogP contribution is 2.25. The zero-order valence-electron chi connectivity index (χ0n) is 9.49. The maximum atomic E-state index is 11.7. The fraction of sp³-hybridized carbons (Fsp3) is 0.500. The number of rotatable bonds is 6. The number of Topliss-reactive ketones (excluding diaryl/α,β-unsaturated/α-hetero) is 1. The molecule has 0 fully saturated rings. The molecule has 0 N–H and O–H groups in total. The lowest BCUT2D eigenvalue weighted by atomic mass is 10.1. The average Bonchev–Trinajstić information content (AvgIpc) is 2.65. The summed E-state index contributed by atoms with van der Waals surface area (Å²) in [4.78, 5) is 22.7. The highest BCUT2D eigenvalue weighted by molar-refractivity contribution is 7.22.